The van der Waals surface area contributed by atoms with E-state index in [9.17, 15) is 0 Å². The number of pyridine rings is 1. The molecule has 0 saturated carbocycles. The summed E-state index contributed by atoms with van der Waals surface area (Å²) in [6.45, 7) is 4.30. The summed E-state index contributed by atoms with van der Waals surface area (Å²) in [5.41, 5.74) is 2.43. The first kappa shape index (κ1) is 7.17. The van der Waals surface area contributed by atoms with E-state index in [1.807, 2.05) is 18.7 Å². The van der Waals surface area contributed by atoms with Crippen molar-refractivity contribution in [2.24, 2.45) is 0 Å². The van der Waals surface area contributed by atoms with Gasteiger partial charge in [-0.25, -0.2) is 0 Å². The fourth-order valence-corrected chi connectivity index (χ4v) is 2.47. The average Bonchev–Trinajstić information content (AvgIpc) is 2.27. The van der Waals surface area contributed by atoms with Gasteiger partial charge in [-0.1, -0.05) is 6.92 Å². The molecular weight excluding hydrogens is 154 g/mol. The normalized spacial score (nSPS) is 21.8. The lowest BCUT2D eigenvalue weighted by Crippen LogP contribution is -1.94. The Kier molecular flexibility index (Phi) is 1.64. The highest BCUT2D eigenvalue weighted by molar-refractivity contribution is 8.00. The molecule has 0 aromatic carbocycles. The van der Waals surface area contributed by atoms with Gasteiger partial charge in [-0.2, -0.15) is 0 Å². The Morgan fingerprint density at radius 2 is 2.36 bits per heavy atom. The minimum absolute atomic E-state index is 0.722. The van der Waals surface area contributed by atoms with Crippen molar-refractivity contribution in [3.05, 3.63) is 23.5 Å². The molecule has 2 heterocycles. The van der Waals surface area contributed by atoms with Crippen LogP contribution in [0.5, 0.6) is 0 Å². The van der Waals surface area contributed by atoms with E-state index in [0.717, 1.165) is 17.4 Å². The SMILES string of the molecule is Cc1ccc2c(n1)CC(C)S2. The summed E-state index contributed by atoms with van der Waals surface area (Å²) >= 11 is 1.94. The van der Waals surface area contributed by atoms with Gasteiger partial charge in [0.2, 0.25) is 0 Å². The topological polar surface area (TPSA) is 12.9 Å². The first-order valence-corrected chi connectivity index (χ1v) is 4.77. The smallest absolute Gasteiger partial charge is 0.0553 e. The maximum atomic E-state index is 4.48. The zero-order valence-electron chi connectivity index (χ0n) is 6.79. The Labute approximate surface area is 71.2 Å². The molecule has 0 spiro atoms. The van der Waals surface area contributed by atoms with Crippen molar-refractivity contribution < 1.29 is 0 Å². The second kappa shape index (κ2) is 2.52. The lowest BCUT2D eigenvalue weighted by molar-refractivity contribution is 0.899. The average molecular weight is 165 g/mol. The Morgan fingerprint density at radius 3 is 3.18 bits per heavy atom. The van der Waals surface area contributed by atoms with Crippen LogP contribution < -0.4 is 0 Å². The molecule has 2 rings (SSSR count). The summed E-state index contributed by atoms with van der Waals surface area (Å²) in [6.07, 6.45) is 1.14. The number of aryl methyl sites for hydroxylation is 1. The van der Waals surface area contributed by atoms with E-state index in [2.05, 4.69) is 24.0 Å². The zero-order valence-corrected chi connectivity index (χ0v) is 7.61. The summed E-state index contributed by atoms with van der Waals surface area (Å²) in [4.78, 5) is 5.86. The first-order chi connectivity index (χ1) is 5.25. The van der Waals surface area contributed by atoms with Crippen molar-refractivity contribution in [1.82, 2.24) is 4.98 Å². The number of aromatic nitrogens is 1. The molecule has 1 atom stereocenters. The van der Waals surface area contributed by atoms with Crippen LogP contribution in [-0.4, -0.2) is 10.2 Å². The minimum Gasteiger partial charge on any atom is -0.257 e. The van der Waals surface area contributed by atoms with Gasteiger partial charge in [0.25, 0.3) is 0 Å². The lowest BCUT2D eigenvalue weighted by Gasteiger charge is -1.96. The maximum Gasteiger partial charge on any atom is 0.0553 e. The van der Waals surface area contributed by atoms with Crippen molar-refractivity contribution >= 4 is 11.8 Å². The van der Waals surface area contributed by atoms with Gasteiger partial charge in [-0.05, 0) is 19.1 Å². The molecule has 0 fully saturated rings. The highest BCUT2D eigenvalue weighted by Crippen LogP contribution is 2.35. The molecule has 0 radical (unpaired) electrons. The molecule has 1 aliphatic heterocycles. The second-order valence-electron chi connectivity index (χ2n) is 3.03. The molecule has 1 aromatic heterocycles. The largest absolute Gasteiger partial charge is 0.257 e. The van der Waals surface area contributed by atoms with Gasteiger partial charge in [0.15, 0.2) is 0 Å². The van der Waals surface area contributed by atoms with Gasteiger partial charge >= 0.3 is 0 Å². The van der Waals surface area contributed by atoms with E-state index in [4.69, 9.17) is 0 Å². The van der Waals surface area contributed by atoms with E-state index in [1.54, 1.807) is 0 Å². The number of nitrogens with zero attached hydrogens (tertiary/aromatic N) is 1. The third-order valence-corrected chi connectivity index (χ3v) is 3.08. The van der Waals surface area contributed by atoms with Crippen LogP contribution >= 0.6 is 11.8 Å². The Bertz CT molecular complexity index is 283. The van der Waals surface area contributed by atoms with Gasteiger partial charge in [-0.3, -0.25) is 4.98 Å². The summed E-state index contributed by atoms with van der Waals surface area (Å²) in [5, 5.41) is 0.722. The fourth-order valence-electron chi connectivity index (χ4n) is 1.38. The molecule has 58 valence electrons. The van der Waals surface area contributed by atoms with E-state index in [1.165, 1.54) is 10.6 Å². The van der Waals surface area contributed by atoms with Crippen molar-refractivity contribution in [3.63, 3.8) is 0 Å². The molecule has 1 unspecified atom stereocenters. The predicted molar refractivity (Wildman–Crippen MR) is 48.0 cm³/mol. The number of hydrogen-bond donors (Lipinski definition) is 0. The number of thioether (sulfide) groups is 1. The summed E-state index contributed by atoms with van der Waals surface area (Å²) < 4.78 is 0. The summed E-state index contributed by atoms with van der Waals surface area (Å²) in [6, 6.07) is 4.27. The Balaban J connectivity index is 2.43. The van der Waals surface area contributed by atoms with Crippen LogP contribution in [0.4, 0.5) is 0 Å². The van der Waals surface area contributed by atoms with Crippen LogP contribution in [0, 0.1) is 6.92 Å². The third-order valence-electron chi connectivity index (χ3n) is 1.88. The zero-order chi connectivity index (χ0) is 7.84. The van der Waals surface area contributed by atoms with Gasteiger partial charge < -0.3 is 0 Å². The van der Waals surface area contributed by atoms with Crippen LogP contribution in [0.25, 0.3) is 0 Å². The Morgan fingerprint density at radius 1 is 1.55 bits per heavy atom. The van der Waals surface area contributed by atoms with E-state index in [-0.39, 0.29) is 0 Å². The molecule has 0 amide bonds. The van der Waals surface area contributed by atoms with E-state index >= 15 is 0 Å². The minimum atomic E-state index is 0.722. The summed E-state index contributed by atoms with van der Waals surface area (Å²) in [5.74, 6) is 0. The monoisotopic (exact) mass is 165 g/mol. The molecule has 1 aliphatic rings. The van der Waals surface area contributed by atoms with Crippen molar-refractivity contribution in [3.8, 4) is 0 Å². The lowest BCUT2D eigenvalue weighted by atomic mass is 10.2. The van der Waals surface area contributed by atoms with E-state index in [0.29, 0.717) is 0 Å². The number of hydrogen-bond acceptors (Lipinski definition) is 2. The van der Waals surface area contributed by atoms with E-state index < -0.39 is 0 Å². The van der Waals surface area contributed by atoms with Gasteiger partial charge in [0.1, 0.15) is 0 Å². The molecule has 11 heavy (non-hydrogen) atoms. The molecule has 1 aromatic rings. The Hall–Kier alpha value is -0.500. The third kappa shape index (κ3) is 1.27. The van der Waals surface area contributed by atoms with Crippen LogP contribution in [-0.2, 0) is 6.42 Å². The highest BCUT2D eigenvalue weighted by Gasteiger charge is 2.18. The molecule has 1 nitrogen and oxygen atoms in total. The van der Waals surface area contributed by atoms with Crippen LogP contribution in [0.3, 0.4) is 0 Å². The molecule has 0 aliphatic carbocycles. The van der Waals surface area contributed by atoms with Crippen molar-refractivity contribution in [2.45, 2.75) is 30.4 Å². The van der Waals surface area contributed by atoms with Crippen LogP contribution in [0.1, 0.15) is 18.3 Å². The van der Waals surface area contributed by atoms with Crippen molar-refractivity contribution in [1.29, 1.82) is 0 Å². The fraction of sp³-hybridized carbons (Fsp3) is 0.444. The quantitative estimate of drug-likeness (QED) is 0.585. The number of fused-ring (bicyclic) bond motifs is 1. The predicted octanol–water partition coefficient (Wildman–Crippen LogP) is 2.43. The van der Waals surface area contributed by atoms with Crippen LogP contribution in [0.15, 0.2) is 17.0 Å². The maximum absolute atomic E-state index is 4.48. The molecule has 0 bridgehead atoms. The van der Waals surface area contributed by atoms with Crippen LogP contribution in [0.2, 0.25) is 0 Å². The molecule has 2 heteroatoms. The second-order valence-corrected chi connectivity index (χ2v) is 4.51. The summed E-state index contributed by atoms with van der Waals surface area (Å²) in [7, 11) is 0. The van der Waals surface area contributed by atoms with Crippen molar-refractivity contribution in [2.75, 3.05) is 0 Å². The molecule has 0 N–H and O–H groups in total. The number of rotatable bonds is 0. The highest BCUT2D eigenvalue weighted by atomic mass is 32.2. The van der Waals surface area contributed by atoms with Gasteiger partial charge in [-0.15, -0.1) is 11.8 Å². The standard InChI is InChI=1S/C9H11NS/c1-6-3-4-9-8(10-6)5-7(2)11-9/h3-4,7H,5H2,1-2H3. The van der Waals surface area contributed by atoms with Gasteiger partial charge in [0.05, 0.1) is 5.69 Å². The molecular formula is C9H11NS. The first-order valence-electron chi connectivity index (χ1n) is 3.89. The molecule has 0 saturated heterocycles. The van der Waals surface area contributed by atoms with Gasteiger partial charge in [0, 0.05) is 22.3 Å².